The normalized spacial score (nSPS) is 18.4. The number of carbonyl (C=O) groups excluding carboxylic acids is 2. The van der Waals surface area contributed by atoms with Gasteiger partial charge in [0.1, 0.15) is 5.82 Å². The van der Waals surface area contributed by atoms with Crippen molar-refractivity contribution in [1.82, 2.24) is 9.78 Å². The van der Waals surface area contributed by atoms with Crippen molar-refractivity contribution in [3.05, 3.63) is 59.8 Å². The largest absolute Gasteiger partial charge is 0.454 e. The maximum atomic E-state index is 14.0. The number of nitrogens with zero attached hydrogens (tertiary/aromatic N) is 2. The lowest BCUT2D eigenvalue weighted by Crippen LogP contribution is -2.35. The molecule has 9 nitrogen and oxygen atoms in total. The Bertz CT molecular complexity index is 1310. The van der Waals surface area contributed by atoms with Crippen molar-refractivity contribution >= 4 is 29.0 Å². The minimum Gasteiger partial charge on any atom is -0.454 e. The molecule has 3 heterocycles. The molecule has 0 aliphatic carbocycles. The number of carbonyl (C=O) groups is 2. The summed E-state index contributed by atoms with van der Waals surface area (Å²) < 4.78 is 53.3. The number of hydrogen-bond acceptors (Lipinski definition) is 6. The zero-order valence-corrected chi connectivity index (χ0v) is 18.3. The average Bonchev–Trinajstić information content (AvgIpc) is 3.43. The number of hydrogen-bond donors (Lipinski definition) is 3. The van der Waals surface area contributed by atoms with Gasteiger partial charge in [-0.2, -0.15) is 18.3 Å². The molecule has 0 saturated carbocycles. The molecule has 3 N–H and O–H groups in total. The van der Waals surface area contributed by atoms with Crippen LogP contribution in [0.3, 0.4) is 0 Å². The molecule has 182 valence electrons. The van der Waals surface area contributed by atoms with Gasteiger partial charge in [0.25, 0.3) is 5.91 Å². The van der Waals surface area contributed by atoms with Gasteiger partial charge in [-0.05, 0) is 35.9 Å². The van der Waals surface area contributed by atoms with Gasteiger partial charge in [0, 0.05) is 30.8 Å². The molecule has 35 heavy (non-hydrogen) atoms. The third-order valence-corrected chi connectivity index (χ3v) is 5.66. The van der Waals surface area contributed by atoms with Gasteiger partial charge in [-0.15, -0.1) is 0 Å². The second-order valence-electron chi connectivity index (χ2n) is 8.18. The summed E-state index contributed by atoms with van der Waals surface area (Å²) in [5.74, 6) is 0.0983. The predicted molar refractivity (Wildman–Crippen MR) is 120 cm³/mol. The number of rotatable bonds is 4. The molecule has 0 saturated heterocycles. The van der Waals surface area contributed by atoms with Crippen LogP contribution >= 0.6 is 0 Å². The van der Waals surface area contributed by atoms with E-state index in [1.807, 2.05) is 0 Å². The molecule has 2 amide bonds. The van der Waals surface area contributed by atoms with E-state index in [1.165, 1.54) is 19.1 Å². The second-order valence-corrected chi connectivity index (χ2v) is 8.18. The second kappa shape index (κ2) is 8.53. The lowest BCUT2D eigenvalue weighted by atomic mass is 9.96. The molecule has 2 aromatic carbocycles. The van der Waals surface area contributed by atoms with E-state index in [0.29, 0.717) is 28.4 Å². The number of aromatic nitrogens is 2. The smallest absolute Gasteiger partial charge is 0.410 e. The summed E-state index contributed by atoms with van der Waals surface area (Å²) in [6.07, 6.45) is -4.91. The van der Waals surface area contributed by atoms with E-state index in [-0.39, 0.29) is 30.6 Å². The molecule has 5 rings (SSSR count). The topological polar surface area (TPSA) is 107 Å². The first-order valence-electron chi connectivity index (χ1n) is 10.7. The average molecular weight is 487 g/mol. The summed E-state index contributed by atoms with van der Waals surface area (Å²) in [5, 5.41) is 12.2. The zero-order valence-electron chi connectivity index (χ0n) is 18.3. The van der Waals surface area contributed by atoms with Crippen LogP contribution in [0.2, 0.25) is 0 Å². The molecule has 0 radical (unpaired) electrons. The van der Waals surface area contributed by atoms with E-state index < -0.39 is 24.2 Å². The van der Waals surface area contributed by atoms with Crippen LogP contribution < -0.4 is 25.4 Å². The molecular weight excluding hydrogens is 467 g/mol. The quantitative estimate of drug-likeness (QED) is 0.501. The summed E-state index contributed by atoms with van der Waals surface area (Å²) >= 11 is 0. The Balaban J connectivity index is 1.41. The van der Waals surface area contributed by atoms with Crippen LogP contribution in [0, 0.1) is 0 Å². The van der Waals surface area contributed by atoms with Crippen LogP contribution in [0.25, 0.3) is 0 Å². The minimum absolute atomic E-state index is 0.0566. The van der Waals surface area contributed by atoms with E-state index >= 15 is 0 Å². The number of alkyl halides is 3. The first-order valence-corrected chi connectivity index (χ1v) is 10.7. The standard InChI is InChI=1S/C23H20F3N5O4/c1-12(32)27-14-3-2-4-15(8-14)28-22(33)17-10-21-29-16(9-20(23(24,25)26)31(21)30-17)13-5-6-18-19(7-13)35-11-34-18/h2-8,10,16,20,29H,9,11H2,1H3,(H,27,32)(H,28,33). The fraction of sp³-hybridized carbons (Fsp3) is 0.261. The molecule has 2 aliphatic heterocycles. The highest BCUT2D eigenvalue weighted by Gasteiger charge is 2.47. The number of anilines is 3. The van der Waals surface area contributed by atoms with Gasteiger partial charge in [0.05, 0.1) is 6.04 Å². The van der Waals surface area contributed by atoms with Crippen LogP contribution in [-0.2, 0) is 4.79 Å². The van der Waals surface area contributed by atoms with Crippen molar-refractivity contribution in [1.29, 1.82) is 0 Å². The van der Waals surface area contributed by atoms with Gasteiger partial charge in [-0.3, -0.25) is 9.59 Å². The first kappa shape index (κ1) is 22.6. The Morgan fingerprint density at radius 2 is 1.80 bits per heavy atom. The van der Waals surface area contributed by atoms with Crippen LogP contribution in [0.15, 0.2) is 48.5 Å². The van der Waals surface area contributed by atoms with Crippen molar-refractivity contribution in [2.75, 3.05) is 22.7 Å². The fourth-order valence-electron chi connectivity index (χ4n) is 4.11. The SMILES string of the molecule is CC(=O)Nc1cccc(NC(=O)c2cc3n(n2)C(C(F)(F)F)CC(c2ccc4c(c2)OCO4)N3)c1. The number of nitrogens with one attached hydrogen (secondary N) is 3. The molecule has 3 aromatic rings. The lowest BCUT2D eigenvalue weighted by Gasteiger charge is -2.33. The van der Waals surface area contributed by atoms with Gasteiger partial charge in [-0.1, -0.05) is 12.1 Å². The van der Waals surface area contributed by atoms with E-state index in [0.717, 1.165) is 4.68 Å². The number of ether oxygens (including phenoxy) is 2. The van der Waals surface area contributed by atoms with Gasteiger partial charge in [-0.25, -0.2) is 4.68 Å². The van der Waals surface area contributed by atoms with Crippen LogP contribution in [0.5, 0.6) is 11.5 Å². The highest BCUT2D eigenvalue weighted by molar-refractivity contribution is 6.03. The maximum Gasteiger partial charge on any atom is 0.410 e. The molecule has 12 heteroatoms. The van der Waals surface area contributed by atoms with Crippen molar-refractivity contribution in [3.8, 4) is 11.5 Å². The third-order valence-electron chi connectivity index (χ3n) is 5.66. The minimum atomic E-state index is -4.59. The number of fused-ring (bicyclic) bond motifs is 2. The number of amides is 2. The Hall–Kier alpha value is -4.22. The third kappa shape index (κ3) is 4.59. The molecule has 2 atom stereocenters. The molecule has 2 aliphatic rings. The van der Waals surface area contributed by atoms with Gasteiger partial charge >= 0.3 is 6.18 Å². The van der Waals surface area contributed by atoms with Gasteiger partial charge in [0.2, 0.25) is 12.7 Å². The van der Waals surface area contributed by atoms with Crippen molar-refractivity contribution in [2.45, 2.75) is 31.6 Å². The maximum absolute atomic E-state index is 14.0. The molecular formula is C23H20F3N5O4. The van der Waals surface area contributed by atoms with Crippen molar-refractivity contribution in [3.63, 3.8) is 0 Å². The Labute approximate surface area is 197 Å². The predicted octanol–water partition coefficient (Wildman–Crippen LogP) is 4.48. The molecule has 0 bridgehead atoms. The number of halogens is 3. The monoisotopic (exact) mass is 487 g/mol. The lowest BCUT2D eigenvalue weighted by molar-refractivity contribution is -0.173. The van der Waals surface area contributed by atoms with Crippen molar-refractivity contribution < 1.29 is 32.2 Å². The highest BCUT2D eigenvalue weighted by Crippen LogP contribution is 2.45. The van der Waals surface area contributed by atoms with E-state index in [1.54, 1.807) is 36.4 Å². The number of benzene rings is 2. The highest BCUT2D eigenvalue weighted by atomic mass is 19.4. The van der Waals surface area contributed by atoms with E-state index in [9.17, 15) is 22.8 Å². The summed E-state index contributed by atoms with van der Waals surface area (Å²) in [5.41, 5.74) is 1.23. The summed E-state index contributed by atoms with van der Waals surface area (Å²) in [7, 11) is 0. The van der Waals surface area contributed by atoms with E-state index in [2.05, 4.69) is 21.0 Å². The summed E-state index contributed by atoms with van der Waals surface area (Å²) in [4.78, 5) is 24.0. The Morgan fingerprint density at radius 3 is 2.54 bits per heavy atom. The molecule has 2 unspecified atom stereocenters. The molecule has 0 spiro atoms. The van der Waals surface area contributed by atoms with Crippen LogP contribution in [-0.4, -0.2) is 34.6 Å². The molecule has 1 aromatic heterocycles. The van der Waals surface area contributed by atoms with Gasteiger partial charge in [0.15, 0.2) is 23.2 Å². The van der Waals surface area contributed by atoms with Gasteiger partial charge < -0.3 is 25.4 Å². The van der Waals surface area contributed by atoms with Crippen LogP contribution in [0.4, 0.5) is 30.4 Å². The van der Waals surface area contributed by atoms with Crippen LogP contribution in [0.1, 0.15) is 41.5 Å². The first-order chi connectivity index (χ1) is 16.7. The summed E-state index contributed by atoms with van der Waals surface area (Å²) in [6, 6.07) is 10.0. The Kier molecular flexibility index (Phi) is 5.50. The van der Waals surface area contributed by atoms with Crippen molar-refractivity contribution in [2.24, 2.45) is 0 Å². The van der Waals surface area contributed by atoms with E-state index in [4.69, 9.17) is 9.47 Å². The fourth-order valence-corrected chi connectivity index (χ4v) is 4.11. The summed E-state index contributed by atoms with van der Waals surface area (Å²) in [6.45, 7) is 1.41. The molecule has 0 fully saturated rings. The Morgan fingerprint density at radius 1 is 1.06 bits per heavy atom. The zero-order chi connectivity index (χ0) is 24.7.